The number of amides is 1. The molecule has 8 heteroatoms. The maximum atomic E-state index is 13.3. The van der Waals surface area contributed by atoms with E-state index in [1.165, 1.54) is 21.9 Å². The largest absolute Gasteiger partial charge is 0.396 e. The third kappa shape index (κ3) is 4.12. The van der Waals surface area contributed by atoms with Crippen LogP contribution in [-0.4, -0.2) is 31.4 Å². The molecule has 1 aliphatic heterocycles. The van der Waals surface area contributed by atoms with Crippen molar-refractivity contribution in [3.05, 3.63) is 82.2 Å². The zero-order valence-corrected chi connectivity index (χ0v) is 18.2. The van der Waals surface area contributed by atoms with Gasteiger partial charge in [0.25, 0.3) is 0 Å². The van der Waals surface area contributed by atoms with E-state index in [1.807, 2.05) is 60.7 Å². The molecule has 30 heavy (non-hydrogen) atoms. The fraction of sp³-hybridized carbons (Fsp3) is 0.227. The van der Waals surface area contributed by atoms with Crippen molar-refractivity contribution in [3.63, 3.8) is 0 Å². The Hall–Kier alpha value is -2.68. The normalized spacial score (nSPS) is 14.5. The average Bonchev–Trinajstić information content (AvgIpc) is 3.04. The molecular formula is C22H23N3O3S2. The molecule has 1 aromatic heterocycles. The van der Waals surface area contributed by atoms with Crippen LogP contribution in [0, 0.1) is 0 Å². The van der Waals surface area contributed by atoms with E-state index in [2.05, 4.69) is 5.32 Å². The maximum Gasteiger partial charge on any atom is 0.237 e. The minimum atomic E-state index is -3.27. The van der Waals surface area contributed by atoms with Crippen LogP contribution in [0.5, 0.6) is 0 Å². The second-order valence-electron chi connectivity index (χ2n) is 7.34. The molecule has 0 spiro atoms. The fourth-order valence-corrected chi connectivity index (χ4v) is 5.81. The molecule has 0 radical (unpaired) electrons. The van der Waals surface area contributed by atoms with Gasteiger partial charge in [-0.1, -0.05) is 60.7 Å². The minimum absolute atomic E-state index is 0.169. The van der Waals surface area contributed by atoms with Crippen molar-refractivity contribution in [2.45, 2.75) is 18.9 Å². The fourth-order valence-electron chi connectivity index (χ4n) is 3.75. The number of sulfonamides is 1. The highest BCUT2D eigenvalue weighted by Crippen LogP contribution is 2.40. The van der Waals surface area contributed by atoms with Crippen molar-refractivity contribution >= 4 is 38.0 Å². The van der Waals surface area contributed by atoms with Crippen LogP contribution in [0.4, 0.5) is 10.7 Å². The van der Waals surface area contributed by atoms with Crippen LogP contribution in [0.3, 0.4) is 0 Å². The number of fused-ring (bicyclic) bond motifs is 1. The van der Waals surface area contributed by atoms with E-state index >= 15 is 0 Å². The van der Waals surface area contributed by atoms with E-state index in [1.54, 1.807) is 0 Å². The first-order chi connectivity index (χ1) is 14.3. The van der Waals surface area contributed by atoms with E-state index in [0.29, 0.717) is 30.2 Å². The molecule has 2 heterocycles. The molecule has 0 saturated carbocycles. The quantitative estimate of drug-likeness (QED) is 0.635. The summed E-state index contributed by atoms with van der Waals surface area (Å²) in [5, 5.41) is 3.59. The molecule has 0 atom stereocenters. The second kappa shape index (κ2) is 8.22. The Morgan fingerprint density at radius 3 is 2.17 bits per heavy atom. The number of hydrogen-bond donors (Lipinski definition) is 2. The third-order valence-corrected chi connectivity index (χ3v) is 7.69. The topological polar surface area (TPSA) is 92.5 Å². The van der Waals surface area contributed by atoms with E-state index in [0.717, 1.165) is 21.6 Å². The Balaban J connectivity index is 1.64. The predicted octanol–water partition coefficient (Wildman–Crippen LogP) is 3.42. The van der Waals surface area contributed by atoms with Crippen molar-refractivity contribution in [1.29, 1.82) is 0 Å². The number of benzene rings is 2. The van der Waals surface area contributed by atoms with Gasteiger partial charge in [0, 0.05) is 18.0 Å². The van der Waals surface area contributed by atoms with E-state index < -0.39 is 15.9 Å². The standard InChI is InChI=1S/C22H23N3O3S2/c1-30(27,28)25-13-12-17-18(14-25)29-22(20(17)23)24-21(26)19(15-8-4-2-5-9-15)16-10-6-3-7-11-16/h2-11,19H,12-14,23H2,1H3,(H,24,26). The van der Waals surface area contributed by atoms with E-state index in [9.17, 15) is 13.2 Å². The molecule has 1 amide bonds. The summed E-state index contributed by atoms with van der Waals surface area (Å²) < 4.78 is 25.2. The van der Waals surface area contributed by atoms with Crippen molar-refractivity contribution in [2.24, 2.45) is 0 Å². The van der Waals surface area contributed by atoms with Crippen LogP contribution in [0.1, 0.15) is 27.5 Å². The van der Waals surface area contributed by atoms with Gasteiger partial charge in [0.05, 0.1) is 17.9 Å². The molecule has 2 aromatic carbocycles. The lowest BCUT2D eigenvalue weighted by Crippen LogP contribution is -2.34. The number of nitrogens with one attached hydrogen (secondary N) is 1. The Kier molecular flexibility index (Phi) is 5.64. The van der Waals surface area contributed by atoms with Crippen LogP contribution in [0.2, 0.25) is 0 Å². The lowest BCUT2D eigenvalue weighted by Gasteiger charge is -2.24. The summed E-state index contributed by atoms with van der Waals surface area (Å²) in [7, 11) is -3.27. The number of rotatable bonds is 5. The van der Waals surface area contributed by atoms with Crippen LogP contribution < -0.4 is 11.1 Å². The summed E-state index contributed by atoms with van der Waals surface area (Å²) in [5.74, 6) is -0.642. The zero-order valence-electron chi connectivity index (χ0n) is 16.5. The first kappa shape index (κ1) is 20.6. The number of nitrogens with two attached hydrogens (primary N) is 1. The molecule has 0 bridgehead atoms. The molecule has 156 valence electrons. The Morgan fingerprint density at radius 1 is 1.07 bits per heavy atom. The molecule has 0 aliphatic carbocycles. The highest BCUT2D eigenvalue weighted by Gasteiger charge is 2.29. The molecule has 3 aromatic rings. The molecule has 6 nitrogen and oxygen atoms in total. The van der Waals surface area contributed by atoms with Gasteiger partial charge in [0.2, 0.25) is 15.9 Å². The molecule has 0 saturated heterocycles. The summed E-state index contributed by atoms with van der Waals surface area (Å²) in [6.07, 6.45) is 1.75. The van der Waals surface area contributed by atoms with Gasteiger partial charge < -0.3 is 11.1 Å². The van der Waals surface area contributed by atoms with E-state index in [-0.39, 0.29) is 5.91 Å². The van der Waals surface area contributed by atoms with E-state index in [4.69, 9.17) is 5.73 Å². The summed E-state index contributed by atoms with van der Waals surface area (Å²) in [5.41, 5.74) is 9.59. The summed E-state index contributed by atoms with van der Waals surface area (Å²) in [6.45, 7) is 0.691. The van der Waals surface area contributed by atoms with Crippen molar-refractivity contribution in [1.82, 2.24) is 4.31 Å². The van der Waals surface area contributed by atoms with Crippen LogP contribution >= 0.6 is 11.3 Å². The number of carbonyl (C=O) groups excluding carboxylic acids is 1. The number of hydrogen-bond acceptors (Lipinski definition) is 5. The van der Waals surface area contributed by atoms with Gasteiger partial charge >= 0.3 is 0 Å². The van der Waals surface area contributed by atoms with Gasteiger partial charge in [-0.05, 0) is 23.1 Å². The molecule has 4 rings (SSSR count). The third-order valence-electron chi connectivity index (χ3n) is 5.30. The molecule has 0 unspecified atom stereocenters. The molecule has 1 aliphatic rings. The summed E-state index contributed by atoms with van der Waals surface area (Å²) >= 11 is 1.35. The van der Waals surface area contributed by atoms with Gasteiger partial charge in [-0.2, -0.15) is 4.31 Å². The van der Waals surface area contributed by atoms with Crippen LogP contribution in [0.25, 0.3) is 0 Å². The smallest absolute Gasteiger partial charge is 0.237 e. The van der Waals surface area contributed by atoms with Gasteiger partial charge in [0.15, 0.2) is 0 Å². The van der Waals surface area contributed by atoms with Crippen molar-refractivity contribution in [3.8, 4) is 0 Å². The number of anilines is 2. The summed E-state index contributed by atoms with van der Waals surface area (Å²) in [4.78, 5) is 14.2. The maximum absolute atomic E-state index is 13.3. The van der Waals surface area contributed by atoms with Gasteiger partial charge in [0.1, 0.15) is 5.00 Å². The lowest BCUT2D eigenvalue weighted by molar-refractivity contribution is -0.116. The SMILES string of the molecule is CS(=O)(=O)N1CCc2c(sc(NC(=O)C(c3ccccc3)c3ccccc3)c2N)C1. The average molecular weight is 442 g/mol. The van der Waals surface area contributed by atoms with Crippen LogP contribution in [0.15, 0.2) is 60.7 Å². The van der Waals surface area contributed by atoms with Crippen molar-refractivity contribution in [2.75, 3.05) is 23.9 Å². The highest BCUT2D eigenvalue weighted by atomic mass is 32.2. The number of carbonyl (C=O) groups is 1. The first-order valence-electron chi connectivity index (χ1n) is 9.60. The van der Waals surface area contributed by atoms with Gasteiger partial charge in [-0.15, -0.1) is 11.3 Å². The first-order valence-corrected chi connectivity index (χ1v) is 12.3. The Labute approximate surface area is 180 Å². The predicted molar refractivity (Wildman–Crippen MR) is 121 cm³/mol. The number of nitrogens with zero attached hydrogens (tertiary/aromatic N) is 1. The minimum Gasteiger partial charge on any atom is -0.396 e. The monoisotopic (exact) mass is 441 g/mol. The van der Waals surface area contributed by atoms with Gasteiger partial charge in [-0.3, -0.25) is 4.79 Å². The second-order valence-corrected chi connectivity index (χ2v) is 10.4. The Morgan fingerprint density at radius 2 is 1.63 bits per heavy atom. The van der Waals surface area contributed by atoms with Gasteiger partial charge in [-0.25, -0.2) is 8.42 Å². The number of thiophene rings is 1. The Bertz CT molecular complexity index is 1120. The lowest BCUT2D eigenvalue weighted by atomic mass is 9.90. The molecule has 0 fully saturated rings. The summed E-state index contributed by atoms with van der Waals surface area (Å²) in [6, 6.07) is 19.2. The number of nitrogen functional groups attached to an aromatic ring is 1. The molecule has 3 N–H and O–H groups in total. The zero-order chi connectivity index (χ0) is 21.3. The van der Waals surface area contributed by atoms with Crippen LogP contribution in [-0.2, 0) is 27.8 Å². The molecular weight excluding hydrogens is 418 g/mol. The van der Waals surface area contributed by atoms with Crippen molar-refractivity contribution < 1.29 is 13.2 Å². The highest BCUT2D eigenvalue weighted by molar-refractivity contribution is 7.88.